The lowest BCUT2D eigenvalue weighted by atomic mass is 10.3. The summed E-state index contributed by atoms with van der Waals surface area (Å²) in [6, 6.07) is 8.31. The molecule has 0 N–H and O–H groups in total. The number of aryl methyl sites for hydroxylation is 1. The van der Waals surface area contributed by atoms with E-state index in [1.54, 1.807) is 23.1 Å². The monoisotopic (exact) mass is 301 g/mol. The Labute approximate surface area is 123 Å². The maximum atomic E-state index is 4.33. The van der Waals surface area contributed by atoms with Crippen molar-refractivity contribution < 1.29 is 0 Å². The second-order valence-electron chi connectivity index (χ2n) is 4.41. The van der Waals surface area contributed by atoms with Crippen LogP contribution < -0.4 is 0 Å². The van der Waals surface area contributed by atoms with Gasteiger partial charge in [0.15, 0.2) is 5.16 Å². The quantitative estimate of drug-likeness (QED) is 0.546. The Bertz CT molecular complexity index is 888. The van der Waals surface area contributed by atoms with Crippen LogP contribution >= 0.6 is 23.1 Å². The molecule has 0 saturated heterocycles. The van der Waals surface area contributed by atoms with Crippen molar-refractivity contribution in [1.82, 2.24) is 24.1 Å². The van der Waals surface area contributed by atoms with E-state index in [4.69, 9.17) is 0 Å². The van der Waals surface area contributed by atoms with Crippen LogP contribution in [0.5, 0.6) is 0 Å². The summed E-state index contributed by atoms with van der Waals surface area (Å²) in [5, 5.41) is 9.46. The van der Waals surface area contributed by atoms with Gasteiger partial charge in [-0.25, -0.2) is 4.98 Å². The molecular formula is C13H11N5S2. The molecular weight excluding hydrogens is 290 g/mol. The lowest BCUT2D eigenvalue weighted by Gasteiger charge is -2.00. The number of benzene rings is 1. The van der Waals surface area contributed by atoms with E-state index in [0.29, 0.717) is 0 Å². The molecule has 0 radical (unpaired) electrons. The summed E-state index contributed by atoms with van der Waals surface area (Å²) < 4.78 is 5.38. The first-order valence-electron chi connectivity index (χ1n) is 6.14. The Hall–Kier alpha value is -1.86. The van der Waals surface area contributed by atoms with E-state index in [-0.39, 0.29) is 0 Å². The van der Waals surface area contributed by atoms with Gasteiger partial charge >= 0.3 is 0 Å². The number of thiazole rings is 1. The maximum Gasteiger partial charge on any atom is 0.217 e. The van der Waals surface area contributed by atoms with E-state index >= 15 is 0 Å². The first kappa shape index (κ1) is 11.9. The summed E-state index contributed by atoms with van der Waals surface area (Å²) in [5.74, 6) is 1.82. The van der Waals surface area contributed by atoms with Gasteiger partial charge < -0.3 is 4.57 Å². The molecule has 4 rings (SSSR count). The third kappa shape index (κ3) is 1.82. The second-order valence-corrected chi connectivity index (χ2v) is 6.36. The average molecular weight is 301 g/mol. The van der Waals surface area contributed by atoms with Crippen molar-refractivity contribution >= 4 is 38.3 Å². The SMILES string of the molecule is Cn1ccnc1CSc1nnc2sc3ccccc3n12. The maximum absolute atomic E-state index is 4.33. The number of hydrogen-bond acceptors (Lipinski definition) is 5. The van der Waals surface area contributed by atoms with E-state index in [1.165, 1.54) is 10.2 Å². The topological polar surface area (TPSA) is 48.0 Å². The van der Waals surface area contributed by atoms with Crippen molar-refractivity contribution in [2.45, 2.75) is 10.9 Å². The lowest BCUT2D eigenvalue weighted by molar-refractivity contribution is 0.846. The van der Waals surface area contributed by atoms with Gasteiger partial charge in [-0.2, -0.15) is 0 Å². The largest absolute Gasteiger partial charge is 0.337 e. The van der Waals surface area contributed by atoms with E-state index < -0.39 is 0 Å². The molecule has 0 atom stereocenters. The Morgan fingerprint density at radius 2 is 2.15 bits per heavy atom. The second kappa shape index (κ2) is 4.60. The Balaban J connectivity index is 1.74. The molecule has 5 nitrogen and oxygen atoms in total. The smallest absolute Gasteiger partial charge is 0.217 e. The molecule has 0 unspecified atom stereocenters. The molecule has 4 aromatic rings. The molecule has 1 aromatic carbocycles. The molecule has 0 aliphatic heterocycles. The van der Waals surface area contributed by atoms with Gasteiger partial charge in [-0.3, -0.25) is 4.40 Å². The van der Waals surface area contributed by atoms with Gasteiger partial charge in [0.25, 0.3) is 0 Å². The molecule has 20 heavy (non-hydrogen) atoms. The van der Waals surface area contributed by atoms with Crippen LogP contribution in [0.4, 0.5) is 0 Å². The van der Waals surface area contributed by atoms with Crippen LogP contribution in [0.2, 0.25) is 0 Å². The lowest BCUT2D eigenvalue weighted by Crippen LogP contribution is -1.95. The van der Waals surface area contributed by atoms with E-state index in [1.807, 2.05) is 36.1 Å². The van der Waals surface area contributed by atoms with Gasteiger partial charge in [-0.05, 0) is 12.1 Å². The van der Waals surface area contributed by atoms with Crippen molar-refractivity contribution in [1.29, 1.82) is 0 Å². The summed E-state index contributed by atoms with van der Waals surface area (Å²) in [5.41, 5.74) is 1.17. The predicted octanol–water partition coefficient (Wildman–Crippen LogP) is 2.97. The molecule has 0 spiro atoms. The van der Waals surface area contributed by atoms with E-state index in [9.17, 15) is 0 Å². The normalized spacial score (nSPS) is 11.7. The van der Waals surface area contributed by atoms with Crippen LogP contribution in [-0.4, -0.2) is 24.1 Å². The van der Waals surface area contributed by atoms with Crippen molar-refractivity contribution in [2.75, 3.05) is 0 Å². The minimum Gasteiger partial charge on any atom is -0.337 e. The molecule has 0 saturated carbocycles. The van der Waals surface area contributed by atoms with Crippen molar-refractivity contribution in [3.63, 3.8) is 0 Å². The zero-order chi connectivity index (χ0) is 13.5. The highest BCUT2D eigenvalue weighted by Gasteiger charge is 2.13. The van der Waals surface area contributed by atoms with Crippen LogP contribution in [0, 0.1) is 0 Å². The average Bonchev–Trinajstić information content (AvgIpc) is 3.12. The number of imidazole rings is 1. The van der Waals surface area contributed by atoms with Gasteiger partial charge in [-0.1, -0.05) is 35.2 Å². The highest BCUT2D eigenvalue weighted by Crippen LogP contribution is 2.30. The molecule has 0 amide bonds. The number of thioether (sulfide) groups is 1. The van der Waals surface area contributed by atoms with Crippen LogP contribution in [0.3, 0.4) is 0 Å². The number of aromatic nitrogens is 5. The van der Waals surface area contributed by atoms with Gasteiger partial charge in [0, 0.05) is 19.4 Å². The van der Waals surface area contributed by atoms with Gasteiger partial charge in [-0.15, -0.1) is 10.2 Å². The molecule has 7 heteroatoms. The van der Waals surface area contributed by atoms with Crippen LogP contribution in [-0.2, 0) is 12.8 Å². The first-order valence-corrected chi connectivity index (χ1v) is 7.95. The zero-order valence-electron chi connectivity index (χ0n) is 10.7. The van der Waals surface area contributed by atoms with Gasteiger partial charge in [0.05, 0.1) is 16.0 Å². The van der Waals surface area contributed by atoms with Crippen LogP contribution in [0.25, 0.3) is 15.2 Å². The Kier molecular flexibility index (Phi) is 2.75. The number of para-hydroxylation sites is 1. The van der Waals surface area contributed by atoms with Crippen LogP contribution in [0.1, 0.15) is 5.82 Å². The fourth-order valence-corrected chi connectivity index (χ4v) is 4.09. The third-order valence-corrected chi connectivity index (χ3v) is 5.10. The third-order valence-electron chi connectivity index (χ3n) is 3.16. The Morgan fingerprint density at radius 3 is 3.00 bits per heavy atom. The zero-order valence-corrected chi connectivity index (χ0v) is 12.4. The van der Waals surface area contributed by atoms with Crippen LogP contribution in [0.15, 0.2) is 41.8 Å². The molecule has 0 aliphatic rings. The van der Waals surface area contributed by atoms with E-state index in [0.717, 1.165) is 21.7 Å². The molecule has 0 fully saturated rings. The first-order chi connectivity index (χ1) is 9.83. The fraction of sp³-hybridized carbons (Fsp3) is 0.154. The number of fused-ring (bicyclic) bond motifs is 3. The molecule has 0 bridgehead atoms. The number of rotatable bonds is 3. The van der Waals surface area contributed by atoms with Crippen molar-refractivity contribution in [2.24, 2.45) is 7.05 Å². The number of nitrogens with zero attached hydrogens (tertiary/aromatic N) is 5. The molecule has 3 aromatic heterocycles. The minimum absolute atomic E-state index is 0.786. The fourth-order valence-electron chi connectivity index (χ4n) is 2.11. The molecule has 0 aliphatic carbocycles. The number of hydrogen-bond donors (Lipinski definition) is 0. The van der Waals surface area contributed by atoms with Gasteiger partial charge in [0.1, 0.15) is 5.82 Å². The molecule has 100 valence electrons. The highest BCUT2D eigenvalue weighted by molar-refractivity contribution is 7.98. The summed E-state index contributed by atoms with van der Waals surface area (Å²) in [4.78, 5) is 5.27. The van der Waals surface area contributed by atoms with Crippen molar-refractivity contribution in [3.05, 3.63) is 42.5 Å². The minimum atomic E-state index is 0.786. The summed E-state index contributed by atoms with van der Waals surface area (Å²) >= 11 is 3.32. The summed E-state index contributed by atoms with van der Waals surface area (Å²) in [7, 11) is 2.00. The highest BCUT2D eigenvalue weighted by atomic mass is 32.2. The van der Waals surface area contributed by atoms with E-state index in [2.05, 4.69) is 31.7 Å². The Morgan fingerprint density at radius 1 is 1.25 bits per heavy atom. The standard InChI is InChI=1S/C13H11N5S2/c1-17-7-6-14-11(17)8-19-12-15-16-13-18(12)9-4-2-3-5-10(9)20-13/h2-7H,8H2,1H3. The van der Waals surface area contributed by atoms with Crippen molar-refractivity contribution in [3.8, 4) is 0 Å². The summed E-state index contributed by atoms with van der Waals surface area (Å²) in [6.45, 7) is 0. The predicted molar refractivity (Wildman–Crippen MR) is 81.1 cm³/mol. The van der Waals surface area contributed by atoms with Gasteiger partial charge in [0.2, 0.25) is 4.96 Å². The summed E-state index contributed by atoms with van der Waals surface area (Å²) in [6.07, 6.45) is 3.77. The molecule has 3 heterocycles.